The molecule has 0 heterocycles. The maximum Gasteiger partial charge on any atom is 0.185 e. The third-order valence-electron chi connectivity index (χ3n) is 2.86. The van der Waals surface area contributed by atoms with Gasteiger partial charge >= 0.3 is 0 Å². The minimum atomic E-state index is -1.27. The summed E-state index contributed by atoms with van der Waals surface area (Å²) in [6.45, 7) is 0. The van der Waals surface area contributed by atoms with Crippen LogP contribution in [0.4, 0.5) is 0 Å². The van der Waals surface area contributed by atoms with Crippen molar-refractivity contribution in [3.8, 4) is 0 Å². The molecule has 0 aromatic carbocycles. The molecule has 0 radical (unpaired) electrons. The van der Waals surface area contributed by atoms with Crippen LogP contribution in [-0.4, -0.2) is 17.1 Å². The highest BCUT2D eigenvalue weighted by Crippen LogP contribution is 2.61. The van der Waals surface area contributed by atoms with E-state index in [-0.39, 0.29) is 0 Å². The molecular weight excluding hydrogens is 448 g/mol. The van der Waals surface area contributed by atoms with Crippen molar-refractivity contribution in [3.05, 3.63) is 0 Å². The predicted octanol–water partition coefficient (Wildman–Crippen LogP) is 3.81. The van der Waals surface area contributed by atoms with Crippen molar-refractivity contribution >= 4 is 63.7 Å². The maximum atomic E-state index is 10.0. The molecule has 0 aromatic rings. The lowest BCUT2D eigenvalue weighted by Gasteiger charge is -2.48. The van der Waals surface area contributed by atoms with E-state index >= 15 is 0 Å². The van der Waals surface area contributed by atoms with E-state index < -0.39 is 12.3 Å². The maximum absolute atomic E-state index is 10.0. The fourth-order valence-corrected chi connectivity index (χ4v) is 5.74. The Labute approximate surface area is 117 Å². The molecule has 0 spiro atoms. The monoisotopic (exact) mass is 456 g/mol. The molecule has 0 atom stereocenters. The molecule has 0 aromatic heterocycles. The van der Waals surface area contributed by atoms with Crippen molar-refractivity contribution in [2.75, 3.05) is 0 Å². The van der Waals surface area contributed by atoms with Gasteiger partial charge in [-0.05, 0) is 76.6 Å². The summed E-state index contributed by atoms with van der Waals surface area (Å²) in [5.74, 6) is 0. The van der Waals surface area contributed by atoms with Crippen molar-refractivity contribution in [2.24, 2.45) is 5.41 Å². The molecule has 1 aliphatic rings. The Hall–Kier alpha value is 1.84. The van der Waals surface area contributed by atoms with Crippen LogP contribution < -0.4 is 0 Å². The van der Waals surface area contributed by atoms with E-state index in [0.717, 1.165) is 32.1 Å². The predicted molar refractivity (Wildman–Crippen MR) is 71.1 cm³/mol. The fraction of sp³-hybridized carbons (Fsp3) is 1.00. The molecule has 1 fully saturated rings. The smallest absolute Gasteiger partial charge is 0.185 e. The van der Waals surface area contributed by atoms with Gasteiger partial charge in [0, 0.05) is 0 Å². The number of halogens is 4. The first-order valence-electron chi connectivity index (χ1n) is 4.41. The van der Waals surface area contributed by atoms with Gasteiger partial charge < -0.3 is 10.2 Å². The standard InChI is InChI=1S/C8H12Br4O2/c9-7(10,13)6(8(11,12)14)4-2-1-3-5-6/h13-14H,1-5H2. The van der Waals surface area contributed by atoms with Crippen molar-refractivity contribution < 1.29 is 10.2 Å². The SMILES string of the molecule is OC(Br)(Br)C1(C(O)(Br)Br)CCCCC1. The highest BCUT2D eigenvalue weighted by atomic mass is 79.9. The molecule has 1 rings (SSSR count). The third-order valence-corrected chi connectivity index (χ3v) is 5.89. The van der Waals surface area contributed by atoms with Crippen LogP contribution in [0.3, 0.4) is 0 Å². The van der Waals surface area contributed by atoms with E-state index in [1.807, 2.05) is 0 Å². The second-order valence-electron chi connectivity index (χ2n) is 3.73. The summed E-state index contributed by atoms with van der Waals surface area (Å²) in [6, 6.07) is 0. The highest BCUT2D eigenvalue weighted by Gasteiger charge is 2.59. The summed E-state index contributed by atoms with van der Waals surface area (Å²) in [4.78, 5) is 0. The van der Waals surface area contributed by atoms with Gasteiger partial charge in [0.15, 0.2) is 6.84 Å². The Bertz CT molecular complexity index is 184. The van der Waals surface area contributed by atoms with Gasteiger partial charge in [-0.15, -0.1) is 0 Å². The summed E-state index contributed by atoms with van der Waals surface area (Å²) in [5.41, 5.74) is -0.668. The van der Waals surface area contributed by atoms with Crippen LogP contribution in [0.1, 0.15) is 32.1 Å². The zero-order valence-corrected chi connectivity index (χ0v) is 13.8. The minimum absolute atomic E-state index is 0.668. The summed E-state index contributed by atoms with van der Waals surface area (Å²) >= 11 is 12.7. The van der Waals surface area contributed by atoms with Crippen LogP contribution in [0.15, 0.2) is 0 Å². The van der Waals surface area contributed by atoms with Gasteiger partial charge in [0.2, 0.25) is 0 Å². The summed E-state index contributed by atoms with van der Waals surface area (Å²) < 4.78 is -2.54. The Kier molecular flexibility index (Phi) is 4.57. The number of hydrogen-bond acceptors (Lipinski definition) is 2. The zero-order chi connectivity index (χ0) is 11.0. The highest BCUT2D eigenvalue weighted by molar-refractivity contribution is 9.26. The van der Waals surface area contributed by atoms with E-state index in [2.05, 4.69) is 63.7 Å². The molecule has 0 aliphatic heterocycles. The summed E-state index contributed by atoms with van der Waals surface area (Å²) in [7, 11) is 0. The minimum Gasteiger partial charge on any atom is -0.369 e. The van der Waals surface area contributed by atoms with E-state index in [0.29, 0.717) is 0 Å². The molecule has 84 valence electrons. The lowest BCUT2D eigenvalue weighted by Crippen LogP contribution is -2.51. The Balaban J connectivity index is 3.01. The van der Waals surface area contributed by atoms with Crippen molar-refractivity contribution in [1.82, 2.24) is 0 Å². The first kappa shape index (κ1) is 13.9. The quantitative estimate of drug-likeness (QED) is 0.617. The van der Waals surface area contributed by atoms with Crippen molar-refractivity contribution in [3.63, 3.8) is 0 Å². The first-order chi connectivity index (χ1) is 6.21. The number of aliphatic hydroxyl groups is 2. The average Bonchev–Trinajstić information content (AvgIpc) is 2.02. The van der Waals surface area contributed by atoms with Gasteiger partial charge in [-0.2, -0.15) is 0 Å². The lowest BCUT2D eigenvalue weighted by molar-refractivity contribution is -0.0337. The number of hydrogen-bond donors (Lipinski definition) is 2. The summed E-state index contributed by atoms with van der Waals surface area (Å²) in [5, 5.41) is 20.1. The molecular formula is C8H12Br4O2. The van der Waals surface area contributed by atoms with Crippen LogP contribution >= 0.6 is 63.7 Å². The van der Waals surface area contributed by atoms with E-state index in [1.54, 1.807) is 0 Å². The number of rotatable bonds is 2. The normalized spacial score (nSPS) is 23.6. The Morgan fingerprint density at radius 3 is 1.36 bits per heavy atom. The second kappa shape index (κ2) is 4.61. The summed E-state index contributed by atoms with van der Waals surface area (Å²) in [6.07, 6.45) is 4.63. The Morgan fingerprint density at radius 2 is 1.14 bits per heavy atom. The molecule has 14 heavy (non-hydrogen) atoms. The van der Waals surface area contributed by atoms with Gasteiger partial charge in [0.05, 0.1) is 5.41 Å². The number of alkyl halides is 4. The molecule has 0 unspecified atom stereocenters. The van der Waals surface area contributed by atoms with Crippen molar-refractivity contribution in [2.45, 2.75) is 38.9 Å². The molecule has 1 aliphatic carbocycles. The molecule has 2 N–H and O–H groups in total. The molecule has 0 bridgehead atoms. The van der Waals surface area contributed by atoms with Crippen molar-refractivity contribution in [1.29, 1.82) is 0 Å². The zero-order valence-electron chi connectivity index (χ0n) is 7.44. The molecule has 6 heteroatoms. The van der Waals surface area contributed by atoms with E-state index in [9.17, 15) is 10.2 Å². The second-order valence-corrected chi connectivity index (χ2v) is 10.4. The molecule has 0 amide bonds. The van der Waals surface area contributed by atoms with Crippen LogP contribution in [0.25, 0.3) is 0 Å². The lowest BCUT2D eigenvalue weighted by atomic mass is 9.75. The average molecular weight is 460 g/mol. The van der Waals surface area contributed by atoms with Crippen LogP contribution in [0, 0.1) is 5.41 Å². The fourth-order valence-electron chi connectivity index (χ4n) is 1.94. The molecule has 2 nitrogen and oxygen atoms in total. The van der Waals surface area contributed by atoms with Gasteiger partial charge in [-0.1, -0.05) is 19.3 Å². The molecule has 1 saturated carbocycles. The third kappa shape index (κ3) is 2.56. The van der Waals surface area contributed by atoms with E-state index in [4.69, 9.17) is 0 Å². The Morgan fingerprint density at radius 1 is 0.786 bits per heavy atom. The van der Waals surface area contributed by atoms with Gasteiger partial charge in [0.25, 0.3) is 0 Å². The topological polar surface area (TPSA) is 40.5 Å². The van der Waals surface area contributed by atoms with Gasteiger partial charge in [0.1, 0.15) is 0 Å². The largest absolute Gasteiger partial charge is 0.369 e. The first-order valence-corrected chi connectivity index (χ1v) is 7.58. The van der Waals surface area contributed by atoms with Crippen LogP contribution in [0.2, 0.25) is 0 Å². The van der Waals surface area contributed by atoms with E-state index in [1.165, 1.54) is 0 Å². The van der Waals surface area contributed by atoms with Gasteiger partial charge in [-0.25, -0.2) is 0 Å². The van der Waals surface area contributed by atoms with Crippen LogP contribution in [0.5, 0.6) is 0 Å². The van der Waals surface area contributed by atoms with Crippen LogP contribution in [-0.2, 0) is 0 Å². The molecule has 0 saturated heterocycles. The van der Waals surface area contributed by atoms with Gasteiger partial charge in [-0.3, -0.25) is 0 Å².